The SMILES string of the molecule is COc1cc(OC)c2c(C)c(CC(=O)N3CCN(CCc4ccncc4)CC3)c(=O)oc2c1. The van der Waals surface area contributed by atoms with E-state index >= 15 is 0 Å². The number of fused-ring (bicyclic) bond motifs is 1. The fourth-order valence-corrected chi connectivity index (χ4v) is 4.29. The molecule has 0 radical (unpaired) electrons. The molecule has 3 heterocycles. The molecule has 8 nitrogen and oxygen atoms in total. The number of hydrogen-bond donors (Lipinski definition) is 0. The second-order valence-electron chi connectivity index (χ2n) is 8.20. The maximum atomic E-state index is 13.0. The van der Waals surface area contributed by atoms with E-state index in [2.05, 4.69) is 9.88 Å². The molecule has 4 rings (SSSR count). The minimum atomic E-state index is -0.500. The van der Waals surface area contributed by atoms with Gasteiger partial charge in [0.1, 0.15) is 17.1 Å². The Labute approximate surface area is 192 Å². The number of methoxy groups -OCH3 is 2. The van der Waals surface area contributed by atoms with E-state index in [4.69, 9.17) is 13.9 Å². The minimum absolute atomic E-state index is 0.0102. The lowest BCUT2D eigenvalue weighted by atomic mass is 10.0. The smallest absolute Gasteiger partial charge is 0.340 e. The van der Waals surface area contributed by atoms with E-state index in [0.29, 0.717) is 46.7 Å². The van der Waals surface area contributed by atoms with Crippen molar-refractivity contribution in [3.05, 3.63) is 63.8 Å². The number of aryl methyl sites for hydroxylation is 1. The summed E-state index contributed by atoms with van der Waals surface area (Å²) in [5, 5.41) is 0.682. The van der Waals surface area contributed by atoms with Gasteiger partial charge in [-0.05, 0) is 36.6 Å². The molecule has 33 heavy (non-hydrogen) atoms. The second-order valence-corrected chi connectivity index (χ2v) is 8.20. The van der Waals surface area contributed by atoms with Gasteiger partial charge in [-0.15, -0.1) is 0 Å². The van der Waals surface area contributed by atoms with Crippen LogP contribution in [-0.4, -0.2) is 67.6 Å². The van der Waals surface area contributed by atoms with Gasteiger partial charge in [-0.25, -0.2) is 4.79 Å². The zero-order valence-corrected chi connectivity index (χ0v) is 19.3. The molecule has 0 bridgehead atoms. The average Bonchev–Trinajstić information content (AvgIpc) is 2.85. The Morgan fingerprint density at radius 3 is 2.48 bits per heavy atom. The fourth-order valence-electron chi connectivity index (χ4n) is 4.29. The first-order valence-corrected chi connectivity index (χ1v) is 11.1. The van der Waals surface area contributed by atoms with Crippen LogP contribution in [0.25, 0.3) is 11.0 Å². The van der Waals surface area contributed by atoms with Crippen molar-refractivity contribution < 1.29 is 18.7 Å². The molecule has 1 aromatic carbocycles. The highest BCUT2D eigenvalue weighted by Crippen LogP contribution is 2.33. The highest BCUT2D eigenvalue weighted by molar-refractivity contribution is 5.90. The van der Waals surface area contributed by atoms with Gasteiger partial charge in [0, 0.05) is 57.3 Å². The third-order valence-electron chi connectivity index (χ3n) is 6.29. The second kappa shape index (κ2) is 10.0. The number of piperazine rings is 1. The molecule has 1 saturated heterocycles. The molecular formula is C25H29N3O5. The molecule has 2 aromatic heterocycles. The number of carbonyl (C=O) groups is 1. The molecule has 1 aliphatic rings. The summed E-state index contributed by atoms with van der Waals surface area (Å²) in [5.41, 5.74) is 2.21. The molecule has 8 heteroatoms. The monoisotopic (exact) mass is 451 g/mol. The summed E-state index contributed by atoms with van der Waals surface area (Å²) in [7, 11) is 3.09. The number of hydrogen-bond acceptors (Lipinski definition) is 7. The molecule has 0 saturated carbocycles. The number of ether oxygens (including phenoxy) is 2. The summed E-state index contributed by atoms with van der Waals surface area (Å²) in [5.74, 6) is 1.01. The lowest BCUT2D eigenvalue weighted by Gasteiger charge is -2.34. The Morgan fingerprint density at radius 2 is 1.82 bits per heavy atom. The van der Waals surface area contributed by atoms with Gasteiger partial charge in [0.25, 0.3) is 0 Å². The van der Waals surface area contributed by atoms with Crippen molar-refractivity contribution in [3.8, 4) is 11.5 Å². The average molecular weight is 452 g/mol. The molecule has 1 aliphatic heterocycles. The van der Waals surface area contributed by atoms with Gasteiger partial charge in [0.15, 0.2) is 0 Å². The van der Waals surface area contributed by atoms with Crippen molar-refractivity contribution in [1.82, 2.24) is 14.8 Å². The van der Waals surface area contributed by atoms with E-state index in [0.717, 1.165) is 26.1 Å². The predicted molar refractivity (Wildman–Crippen MR) is 125 cm³/mol. The first-order valence-electron chi connectivity index (χ1n) is 11.1. The van der Waals surface area contributed by atoms with Crippen LogP contribution in [0.1, 0.15) is 16.7 Å². The third-order valence-corrected chi connectivity index (χ3v) is 6.29. The molecule has 3 aromatic rings. The van der Waals surface area contributed by atoms with Crippen LogP contribution in [-0.2, 0) is 17.6 Å². The molecule has 0 spiro atoms. The molecular weight excluding hydrogens is 422 g/mol. The normalized spacial score (nSPS) is 14.5. The van der Waals surface area contributed by atoms with Crippen molar-refractivity contribution >= 4 is 16.9 Å². The Kier molecular flexibility index (Phi) is 6.93. The number of carbonyl (C=O) groups excluding carboxylic acids is 1. The van der Waals surface area contributed by atoms with Crippen LogP contribution in [0.15, 0.2) is 45.9 Å². The summed E-state index contributed by atoms with van der Waals surface area (Å²) in [6.45, 7) is 5.70. The van der Waals surface area contributed by atoms with Gasteiger partial charge in [0.2, 0.25) is 5.91 Å². The molecule has 0 N–H and O–H groups in total. The number of aromatic nitrogens is 1. The maximum absolute atomic E-state index is 13.0. The predicted octanol–water partition coefficient (Wildman–Crippen LogP) is 2.44. The van der Waals surface area contributed by atoms with Crippen LogP contribution >= 0.6 is 0 Å². The Hall–Kier alpha value is -3.39. The van der Waals surface area contributed by atoms with Crippen LogP contribution in [0.4, 0.5) is 0 Å². The summed E-state index contributed by atoms with van der Waals surface area (Å²) in [6.07, 6.45) is 4.59. The summed E-state index contributed by atoms with van der Waals surface area (Å²) < 4.78 is 16.3. The van der Waals surface area contributed by atoms with Crippen LogP contribution in [0.2, 0.25) is 0 Å². The van der Waals surface area contributed by atoms with E-state index in [-0.39, 0.29) is 12.3 Å². The van der Waals surface area contributed by atoms with Crippen molar-refractivity contribution in [3.63, 3.8) is 0 Å². The van der Waals surface area contributed by atoms with E-state index in [1.54, 1.807) is 19.2 Å². The number of pyridine rings is 1. The Morgan fingerprint density at radius 1 is 1.09 bits per heavy atom. The third kappa shape index (κ3) is 5.01. The van der Waals surface area contributed by atoms with Gasteiger partial charge < -0.3 is 18.8 Å². The first kappa shape index (κ1) is 22.8. The highest BCUT2D eigenvalue weighted by atomic mass is 16.5. The largest absolute Gasteiger partial charge is 0.496 e. The zero-order chi connectivity index (χ0) is 23.4. The molecule has 0 aliphatic carbocycles. The molecule has 1 fully saturated rings. The number of amides is 1. The van der Waals surface area contributed by atoms with Crippen LogP contribution in [0.5, 0.6) is 11.5 Å². The molecule has 1 amide bonds. The van der Waals surface area contributed by atoms with Gasteiger partial charge in [-0.1, -0.05) is 0 Å². The van der Waals surface area contributed by atoms with Gasteiger partial charge in [0.05, 0.1) is 31.6 Å². The van der Waals surface area contributed by atoms with Crippen LogP contribution in [0, 0.1) is 6.92 Å². The molecule has 174 valence electrons. The highest BCUT2D eigenvalue weighted by Gasteiger charge is 2.24. The molecule has 0 atom stereocenters. The van der Waals surface area contributed by atoms with Crippen molar-refractivity contribution in [2.24, 2.45) is 0 Å². The van der Waals surface area contributed by atoms with Crippen LogP contribution < -0.4 is 15.1 Å². The Bertz CT molecular complexity index is 1180. The van der Waals surface area contributed by atoms with E-state index < -0.39 is 5.63 Å². The molecule has 0 unspecified atom stereocenters. The van der Waals surface area contributed by atoms with Crippen molar-refractivity contribution in [1.29, 1.82) is 0 Å². The first-order chi connectivity index (χ1) is 16.0. The summed E-state index contributed by atoms with van der Waals surface area (Å²) in [4.78, 5) is 34.0. The fraction of sp³-hybridized carbons (Fsp3) is 0.400. The van der Waals surface area contributed by atoms with Crippen molar-refractivity contribution in [2.45, 2.75) is 19.8 Å². The standard InChI is InChI=1S/C25H29N3O5/c1-17-20(25(30)33-22-15-19(31-2)14-21(32-3)24(17)22)16-23(29)28-12-10-27(11-13-28)9-6-18-4-7-26-8-5-18/h4-5,7-8,14-15H,6,9-13,16H2,1-3H3. The Balaban J connectivity index is 1.43. The van der Waals surface area contributed by atoms with E-state index in [1.165, 1.54) is 12.7 Å². The number of nitrogens with zero attached hydrogens (tertiary/aromatic N) is 3. The lowest BCUT2D eigenvalue weighted by molar-refractivity contribution is -0.132. The lowest BCUT2D eigenvalue weighted by Crippen LogP contribution is -2.49. The van der Waals surface area contributed by atoms with E-state index in [9.17, 15) is 9.59 Å². The van der Waals surface area contributed by atoms with Crippen molar-refractivity contribution in [2.75, 3.05) is 46.9 Å². The van der Waals surface area contributed by atoms with Gasteiger partial charge in [-0.3, -0.25) is 14.7 Å². The number of rotatable bonds is 7. The minimum Gasteiger partial charge on any atom is -0.496 e. The maximum Gasteiger partial charge on any atom is 0.340 e. The van der Waals surface area contributed by atoms with Gasteiger partial charge in [-0.2, -0.15) is 0 Å². The van der Waals surface area contributed by atoms with Crippen LogP contribution in [0.3, 0.4) is 0 Å². The summed E-state index contributed by atoms with van der Waals surface area (Å²) >= 11 is 0. The van der Waals surface area contributed by atoms with Gasteiger partial charge >= 0.3 is 5.63 Å². The topological polar surface area (TPSA) is 85.1 Å². The summed E-state index contributed by atoms with van der Waals surface area (Å²) in [6, 6.07) is 7.46. The number of benzene rings is 1. The zero-order valence-electron chi connectivity index (χ0n) is 19.3. The quantitative estimate of drug-likeness (QED) is 0.510. The van der Waals surface area contributed by atoms with E-state index in [1.807, 2.05) is 36.4 Å².